The van der Waals surface area contributed by atoms with Crippen LogP contribution in [0.5, 0.6) is 0 Å². The van der Waals surface area contributed by atoms with E-state index in [4.69, 9.17) is 4.74 Å². The maximum absolute atomic E-state index is 5.80. The number of aromatic nitrogens is 2. The Hall–Kier alpha value is -2.05. The largest absolute Gasteiger partial charge is 0.376 e. The van der Waals surface area contributed by atoms with E-state index >= 15 is 0 Å². The van der Waals surface area contributed by atoms with Crippen molar-refractivity contribution in [3.8, 4) is 23.1 Å². The minimum absolute atomic E-state index is 0.339. The van der Waals surface area contributed by atoms with E-state index in [1.807, 2.05) is 6.33 Å². The van der Waals surface area contributed by atoms with Crippen molar-refractivity contribution in [3.05, 3.63) is 42.4 Å². The van der Waals surface area contributed by atoms with Crippen LogP contribution in [0.4, 0.5) is 0 Å². The zero-order valence-electron chi connectivity index (χ0n) is 13.4. The van der Waals surface area contributed by atoms with E-state index in [0.717, 1.165) is 36.4 Å². The van der Waals surface area contributed by atoms with Crippen LogP contribution in [0.1, 0.15) is 37.7 Å². The molecule has 2 aliphatic rings. The fourth-order valence-corrected chi connectivity index (χ4v) is 2.93. The van der Waals surface area contributed by atoms with Gasteiger partial charge in [0.25, 0.3) is 0 Å². The Morgan fingerprint density at radius 2 is 2.00 bits per heavy atom. The summed E-state index contributed by atoms with van der Waals surface area (Å²) in [6, 6.07) is 8.41. The first-order valence-electron chi connectivity index (χ1n) is 8.62. The first-order chi connectivity index (χ1) is 11.4. The average molecular weight is 306 g/mol. The van der Waals surface area contributed by atoms with Gasteiger partial charge in [-0.15, -0.1) is 0 Å². The minimum atomic E-state index is 0.339. The molecule has 4 rings (SSSR count). The Labute approximate surface area is 137 Å². The van der Waals surface area contributed by atoms with Crippen LogP contribution in [0.15, 0.2) is 36.8 Å². The number of hydrogen-bond acceptors (Lipinski definition) is 2. The van der Waals surface area contributed by atoms with Gasteiger partial charge < -0.3 is 9.30 Å². The van der Waals surface area contributed by atoms with Gasteiger partial charge >= 0.3 is 0 Å². The van der Waals surface area contributed by atoms with Gasteiger partial charge in [-0.3, -0.25) is 0 Å². The molecule has 1 aliphatic carbocycles. The molecule has 1 saturated carbocycles. The van der Waals surface area contributed by atoms with Gasteiger partial charge in [0.2, 0.25) is 0 Å². The molecule has 1 unspecified atom stereocenters. The zero-order chi connectivity index (χ0) is 15.5. The van der Waals surface area contributed by atoms with Gasteiger partial charge in [0.1, 0.15) is 0 Å². The summed E-state index contributed by atoms with van der Waals surface area (Å²) < 4.78 is 7.94. The Bertz CT molecular complexity index is 710. The van der Waals surface area contributed by atoms with Crippen LogP contribution in [0, 0.1) is 17.8 Å². The molecule has 1 aromatic heterocycles. The van der Waals surface area contributed by atoms with Gasteiger partial charge in [0.05, 0.1) is 18.1 Å². The Balaban J connectivity index is 1.42. The van der Waals surface area contributed by atoms with E-state index in [0.29, 0.717) is 12.0 Å². The summed E-state index contributed by atoms with van der Waals surface area (Å²) in [6.07, 6.45) is 10.5. The van der Waals surface area contributed by atoms with E-state index in [1.165, 1.54) is 25.7 Å². The second-order valence-corrected chi connectivity index (χ2v) is 6.57. The van der Waals surface area contributed by atoms with Crippen LogP contribution in [-0.2, 0) is 11.3 Å². The van der Waals surface area contributed by atoms with Gasteiger partial charge in [0.15, 0.2) is 0 Å². The monoisotopic (exact) mass is 306 g/mol. The van der Waals surface area contributed by atoms with Crippen molar-refractivity contribution in [2.24, 2.45) is 5.92 Å². The smallest absolute Gasteiger partial charge is 0.0954 e. The summed E-state index contributed by atoms with van der Waals surface area (Å²) in [5, 5.41) is 0. The fourth-order valence-electron chi connectivity index (χ4n) is 2.93. The molecular weight excluding hydrogens is 284 g/mol. The summed E-state index contributed by atoms with van der Waals surface area (Å²) >= 11 is 0. The third kappa shape index (κ3) is 3.83. The molecule has 0 spiro atoms. The summed E-state index contributed by atoms with van der Waals surface area (Å²) in [5.74, 6) is 7.20. The SMILES string of the molecule is C(#CC1CC1)c1ccc(-c2cn(CC3CCCCO3)cn2)cc1. The molecule has 0 amide bonds. The number of benzene rings is 1. The lowest BCUT2D eigenvalue weighted by Crippen LogP contribution is -2.23. The predicted molar refractivity (Wildman–Crippen MR) is 90.9 cm³/mol. The quantitative estimate of drug-likeness (QED) is 0.805. The molecule has 1 aliphatic heterocycles. The van der Waals surface area contributed by atoms with Crippen molar-refractivity contribution < 1.29 is 4.74 Å². The molecule has 2 fully saturated rings. The molecule has 118 valence electrons. The Morgan fingerprint density at radius 1 is 1.13 bits per heavy atom. The van der Waals surface area contributed by atoms with E-state index in [9.17, 15) is 0 Å². The minimum Gasteiger partial charge on any atom is -0.376 e. The van der Waals surface area contributed by atoms with Gasteiger partial charge in [0, 0.05) is 36.4 Å². The highest BCUT2D eigenvalue weighted by Crippen LogP contribution is 2.27. The number of rotatable bonds is 3. The van der Waals surface area contributed by atoms with Crippen molar-refractivity contribution in [3.63, 3.8) is 0 Å². The van der Waals surface area contributed by atoms with Crippen LogP contribution in [0.3, 0.4) is 0 Å². The molecular formula is C20H22N2O. The van der Waals surface area contributed by atoms with Crippen LogP contribution in [-0.4, -0.2) is 22.3 Å². The summed E-state index contributed by atoms with van der Waals surface area (Å²) in [5.41, 5.74) is 3.25. The maximum Gasteiger partial charge on any atom is 0.0954 e. The maximum atomic E-state index is 5.80. The second-order valence-electron chi connectivity index (χ2n) is 6.57. The number of imidazole rings is 1. The van der Waals surface area contributed by atoms with Crippen LogP contribution in [0.2, 0.25) is 0 Å². The van der Waals surface area contributed by atoms with E-state index in [2.05, 4.69) is 51.9 Å². The molecule has 1 atom stereocenters. The molecule has 1 aromatic carbocycles. The number of nitrogens with zero attached hydrogens (tertiary/aromatic N) is 2. The summed E-state index contributed by atoms with van der Waals surface area (Å²) in [4.78, 5) is 4.54. The highest BCUT2D eigenvalue weighted by Gasteiger charge is 2.17. The third-order valence-corrected chi connectivity index (χ3v) is 4.50. The average Bonchev–Trinajstić information content (AvgIpc) is 3.32. The molecule has 2 heterocycles. The number of ether oxygens (including phenoxy) is 1. The van der Waals surface area contributed by atoms with Crippen LogP contribution >= 0.6 is 0 Å². The standard InChI is InChI=1S/C20H22N2O/c1-2-12-23-19(3-1)13-22-14-20(21-15-22)18-10-8-17(9-11-18)7-6-16-4-5-16/h8-11,14-16,19H,1-5,12-13H2. The molecule has 0 radical (unpaired) electrons. The Kier molecular flexibility index (Phi) is 4.17. The van der Waals surface area contributed by atoms with Crippen molar-refractivity contribution >= 4 is 0 Å². The van der Waals surface area contributed by atoms with E-state index < -0.39 is 0 Å². The third-order valence-electron chi connectivity index (χ3n) is 4.50. The summed E-state index contributed by atoms with van der Waals surface area (Å²) in [7, 11) is 0. The van der Waals surface area contributed by atoms with E-state index in [1.54, 1.807) is 0 Å². The molecule has 0 N–H and O–H groups in total. The predicted octanol–water partition coefficient (Wildman–Crippen LogP) is 3.88. The fraction of sp³-hybridized carbons (Fsp3) is 0.450. The molecule has 1 saturated heterocycles. The van der Waals surface area contributed by atoms with Crippen LogP contribution in [0.25, 0.3) is 11.3 Å². The highest BCUT2D eigenvalue weighted by atomic mass is 16.5. The molecule has 23 heavy (non-hydrogen) atoms. The van der Waals surface area contributed by atoms with Crippen molar-refractivity contribution in [1.29, 1.82) is 0 Å². The highest BCUT2D eigenvalue weighted by molar-refractivity contribution is 5.59. The number of hydrogen-bond donors (Lipinski definition) is 0. The van der Waals surface area contributed by atoms with Crippen molar-refractivity contribution in [2.75, 3.05) is 6.61 Å². The van der Waals surface area contributed by atoms with Gasteiger partial charge in [-0.1, -0.05) is 24.0 Å². The first-order valence-corrected chi connectivity index (χ1v) is 8.62. The van der Waals surface area contributed by atoms with Crippen molar-refractivity contribution in [1.82, 2.24) is 9.55 Å². The zero-order valence-corrected chi connectivity index (χ0v) is 13.4. The lowest BCUT2D eigenvalue weighted by Gasteiger charge is -2.22. The normalized spacial score (nSPS) is 20.8. The van der Waals surface area contributed by atoms with Gasteiger partial charge in [-0.25, -0.2) is 4.98 Å². The first kappa shape index (κ1) is 14.5. The molecule has 3 nitrogen and oxygen atoms in total. The lowest BCUT2D eigenvalue weighted by molar-refractivity contribution is 0.00598. The Morgan fingerprint density at radius 3 is 2.74 bits per heavy atom. The molecule has 0 bridgehead atoms. The van der Waals surface area contributed by atoms with Gasteiger partial charge in [-0.05, 0) is 44.2 Å². The van der Waals surface area contributed by atoms with Gasteiger partial charge in [-0.2, -0.15) is 0 Å². The topological polar surface area (TPSA) is 27.1 Å². The second kappa shape index (κ2) is 6.60. The lowest BCUT2D eigenvalue weighted by atomic mass is 10.1. The van der Waals surface area contributed by atoms with Crippen molar-refractivity contribution in [2.45, 2.75) is 44.8 Å². The van der Waals surface area contributed by atoms with E-state index in [-0.39, 0.29) is 0 Å². The molecule has 3 heteroatoms. The molecule has 2 aromatic rings. The van der Waals surface area contributed by atoms with Crippen LogP contribution < -0.4 is 0 Å². The summed E-state index contributed by atoms with van der Waals surface area (Å²) in [6.45, 7) is 1.80.